The van der Waals surface area contributed by atoms with Gasteiger partial charge in [0.2, 0.25) is 0 Å². The Morgan fingerprint density at radius 1 is 0.553 bits per heavy atom. The van der Waals surface area contributed by atoms with Gasteiger partial charge in [0, 0.05) is 4.90 Å². The fraction of sp³-hybridized carbons (Fsp3) is 0.0667. The maximum atomic E-state index is 9.41. The molecule has 2 atom stereocenters. The highest BCUT2D eigenvalue weighted by atomic mass is 35.5. The average Bonchev–Trinajstić information content (AvgIpc) is 2.98. The normalized spacial score (nSPS) is 11.7. The predicted octanol–water partition coefficient (Wildman–Crippen LogP) is 7.07. The minimum Gasteiger partial charge on any atom is -0.197 e. The zero-order chi connectivity index (χ0) is 26.6. The molecule has 0 N–H and O–H groups in total. The maximum absolute atomic E-state index is 9.41. The van der Waals surface area contributed by atoms with E-state index < -0.39 is 5.92 Å². The zero-order valence-electron chi connectivity index (χ0n) is 20.1. The Morgan fingerprint density at radius 3 is 1.45 bits per heavy atom. The number of halogens is 1. The summed E-state index contributed by atoms with van der Waals surface area (Å²) in [5, 5.41) is 35.8. The van der Waals surface area contributed by atoms with Crippen LogP contribution in [-0.4, -0.2) is 20.4 Å². The smallest absolute Gasteiger partial charge is 0.151 e. The summed E-state index contributed by atoms with van der Waals surface area (Å²) in [4.78, 5) is 1.12. The van der Waals surface area contributed by atoms with Crippen molar-refractivity contribution in [1.82, 2.24) is 20.4 Å². The SMILES string of the molecule is N#CC(c1ccccc1)c1ccc(Cl)nn1.N#CC(c1ccccc1)c1ccc(Sc2ccccc2)nn1. The molecular weight excluding hydrogens is 512 g/mol. The first-order chi connectivity index (χ1) is 18.7. The maximum Gasteiger partial charge on any atom is 0.151 e. The van der Waals surface area contributed by atoms with Crippen LogP contribution in [0.3, 0.4) is 0 Å². The number of nitriles is 2. The van der Waals surface area contributed by atoms with Crippen molar-refractivity contribution in [3.63, 3.8) is 0 Å². The molecular formula is C30H21ClN6S. The Kier molecular flexibility index (Phi) is 9.53. The quantitative estimate of drug-likeness (QED) is 0.230. The molecule has 0 aliphatic carbocycles. The second kappa shape index (κ2) is 13.7. The summed E-state index contributed by atoms with van der Waals surface area (Å²) in [7, 11) is 0. The summed E-state index contributed by atoms with van der Waals surface area (Å²) in [5.74, 6) is -0.782. The van der Waals surface area contributed by atoms with Crippen LogP contribution in [0.25, 0.3) is 0 Å². The fourth-order valence-corrected chi connectivity index (χ4v) is 4.40. The van der Waals surface area contributed by atoms with Crippen LogP contribution in [0.5, 0.6) is 0 Å². The molecule has 8 heteroatoms. The highest BCUT2D eigenvalue weighted by Crippen LogP contribution is 2.27. The van der Waals surface area contributed by atoms with E-state index in [1.165, 1.54) is 0 Å². The fourth-order valence-electron chi connectivity index (χ4n) is 3.54. The Labute approximate surface area is 230 Å². The van der Waals surface area contributed by atoms with Crippen molar-refractivity contribution in [2.75, 3.05) is 0 Å². The van der Waals surface area contributed by atoms with E-state index >= 15 is 0 Å². The van der Waals surface area contributed by atoms with Crippen LogP contribution in [0.2, 0.25) is 5.15 Å². The summed E-state index contributed by atoms with van der Waals surface area (Å²) in [6.45, 7) is 0. The molecule has 0 spiro atoms. The first-order valence-electron chi connectivity index (χ1n) is 11.6. The van der Waals surface area contributed by atoms with Crippen LogP contribution in [0, 0.1) is 22.7 Å². The number of hydrogen-bond acceptors (Lipinski definition) is 7. The summed E-state index contributed by atoms with van der Waals surface area (Å²) in [5.41, 5.74) is 3.12. The van der Waals surface area contributed by atoms with E-state index in [4.69, 9.17) is 16.9 Å². The lowest BCUT2D eigenvalue weighted by Crippen LogP contribution is -2.02. The van der Waals surface area contributed by atoms with Gasteiger partial charge in [-0.25, -0.2) is 0 Å². The summed E-state index contributed by atoms with van der Waals surface area (Å²) >= 11 is 7.20. The van der Waals surface area contributed by atoms with E-state index in [1.807, 2.05) is 103 Å². The van der Waals surface area contributed by atoms with Crippen molar-refractivity contribution < 1.29 is 0 Å². The third-order valence-corrected chi connectivity index (χ3v) is 6.53. The molecule has 0 bridgehead atoms. The topological polar surface area (TPSA) is 99.1 Å². The van der Waals surface area contributed by atoms with E-state index in [2.05, 4.69) is 32.5 Å². The minimum absolute atomic E-state index is 0.327. The summed E-state index contributed by atoms with van der Waals surface area (Å²) in [6, 6.07) is 40.8. The minimum atomic E-state index is -0.397. The molecule has 2 heterocycles. The van der Waals surface area contributed by atoms with Crippen molar-refractivity contribution in [2.24, 2.45) is 0 Å². The molecule has 3 aromatic carbocycles. The third kappa shape index (κ3) is 7.24. The van der Waals surface area contributed by atoms with Gasteiger partial charge in [0.15, 0.2) is 5.15 Å². The monoisotopic (exact) mass is 532 g/mol. The van der Waals surface area contributed by atoms with Crippen molar-refractivity contribution in [1.29, 1.82) is 10.5 Å². The van der Waals surface area contributed by atoms with E-state index in [0.717, 1.165) is 21.0 Å². The molecule has 38 heavy (non-hydrogen) atoms. The molecule has 0 saturated heterocycles. The highest BCUT2D eigenvalue weighted by Gasteiger charge is 2.16. The van der Waals surface area contributed by atoms with Gasteiger partial charge in [0.05, 0.1) is 23.5 Å². The molecule has 0 aliphatic rings. The molecule has 6 nitrogen and oxygen atoms in total. The number of hydrogen-bond donors (Lipinski definition) is 0. The van der Waals surface area contributed by atoms with Crippen molar-refractivity contribution in [3.05, 3.63) is 143 Å². The molecule has 184 valence electrons. The van der Waals surface area contributed by atoms with Gasteiger partial charge in [-0.05, 0) is 47.5 Å². The van der Waals surface area contributed by atoms with E-state index in [-0.39, 0.29) is 5.92 Å². The van der Waals surface area contributed by atoms with Gasteiger partial charge >= 0.3 is 0 Å². The Balaban J connectivity index is 0.000000186. The van der Waals surface area contributed by atoms with E-state index in [9.17, 15) is 5.26 Å². The van der Waals surface area contributed by atoms with Gasteiger partial charge in [0.25, 0.3) is 0 Å². The lowest BCUT2D eigenvalue weighted by atomic mass is 9.97. The van der Waals surface area contributed by atoms with Crippen molar-refractivity contribution in [2.45, 2.75) is 21.8 Å². The Morgan fingerprint density at radius 2 is 1.03 bits per heavy atom. The Hall–Kier alpha value is -4.56. The lowest BCUT2D eigenvalue weighted by Gasteiger charge is -2.08. The lowest BCUT2D eigenvalue weighted by molar-refractivity contribution is 0.837. The van der Waals surface area contributed by atoms with Crippen LogP contribution < -0.4 is 0 Å². The zero-order valence-corrected chi connectivity index (χ0v) is 21.7. The molecule has 2 unspecified atom stereocenters. The second-order valence-electron chi connectivity index (χ2n) is 7.94. The van der Waals surface area contributed by atoms with Gasteiger partial charge in [-0.1, -0.05) is 102 Å². The first-order valence-corrected chi connectivity index (χ1v) is 12.8. The number of rotatable bonds is 6. The molecule has 0 saturated carbocycles. The molecule has 0 fully saturated rings. The number of nitrogens with zero attached hydrogens (tertiary/aromatic N) is 6. The summed E-state index contributed by atoms with van der Waals surface area (Å²) in [6.07, 6.45) is 0. The average molecular weight is 533 g/mol. The van der Waals surface area contributed by atoms with Gasteiger partial charge in [-0.3, -0.25) is 0 Å². The highest BCUT2D eigenvalue weighted by molar-refractivity contribution is 7.99. The van der Waals surface area contributed by atoms with E-state index in [0.29, 0.717) is 16.5 Å². The molecule has 5 rings (SSSR count). The van der Waals surface area contributed by atoms with Gasteiger partial charge in [-0.15, -0.1) is 10.2 Å². The molecule has 0 amide bonds. The third-order valence-electron chi connectivity index (χ3n) is 5.39. The Bertz CT molecular complexity index is 1500. The number of benzene rings is 3. The van der Waals surface area contributed by atoms with Crippen molar-refractivity contribution in [3.8, 4) is 12.1 Å². The molecule has 2 aromatic heterocycles. The second-order valence-corrected chi connectivity index (χ2v) is 9.42. The predicted molar refractivity (Wildman–Crippen MR) is 147 cm³/mol. The van der Waals surface area contributed by atoms with Crippen LogP contribution in [-0.2, 0) is 0 Å². The van der Waals surface area contributed by atoms with Crippen LogP contribution >= 0.6 is 23.4 Å². The van der Waals surface area contributed by atoms with Gasteiger partial charge < -0.3 is 0 Å². The summed E-state index contributed by atoms with van der Waals surface area (Å²) < 4.78 is 0. The standard InChI is InChI=1S/C18H13N3S.C12H8ClN3/c19-13-16(14-7-3-1-4-8-14)17-11-12-18(21-20-17)22-15-9-5-2-6-10-15;13-12-7-6-11(15-16-12)10(8-14)9-4-2-1-3-5-9/h1-12,16H;1-7,10H. The van der Waals surface area contributed by atoms with Crippen LogP contribution in [0.1, 0.15) is 34.4 Å². The van der Waals surface area contributed by atoms with Crippen molar-refractivity contribution >= 4 is 23.4 Å². The van der Waals surface area contributed by atoms with Crippen LogP contribution in [0.4, 0.5) is 0 Å². The largest absolute Gasteiger partial charge is 0.197 e. The first kappa shape index (κ1) is 26.5. The number of aromatic nitrogens is 4. The molecule has 0 aliphatic heterocycles. The van der Waals surface area contributed by atoms with Crippen LogP contribution in [0.15, 0.2) is 125 Å². The molecule has 5 aromatic rings. The van der Waals surface area contributed by atoms with Gasteiger partial charge in [0.1, 0.15) is 16.9 Å². The van der Waals surface area contributed by atoms with E-state index in [1.54, 1.807) is 23.9 Å². The van der Waals surface area contributed by atoms with Gasteiger partial charge in [-0.2, -0.15) is 20.7 Å². The molecule has 0 radical (unpaired) electrons.